The molecule has 0 heterocycles. The maximum atomic E-state index is 11.9. The van der Waals surface area contributed by atoms with Crippen LogP contribution in [0.15, 0.2) is 24.3 Å². The monoisotopic (exact) mass is 277 g/mol. The standard InChI is InChI=1S/C16H23NO3/c1-3-12-7-5-6-8-15(12)20-11-14(16(18)19-4-2)17-13-9-10-13/h5-8,13-14,17H,3-4,9-11H2,1-2H3. The van der Waals surface area contributed by atoms with Gasteiger partial charge in [0.15, 0.2) is 0 Å². The molecular weight excluding hydrogens is 254 g/mol. The van der Waals surface area contributed by atoms with Crippen molar-refractivity contribution >= 4 is 5.97 Å². The summed E-state index contributed by atoms with van der Waals surface area (Å²) in [7, 11) is 0. The molecule has 4 heteroatoms. The molecule has 110 valence electrons. The van der Waals surface area contributed by atoms with Gasteiger partial charge in [0.05, 0.1) is 6.61 Å². The van der Waals surface area contributed by atoms with Crippen LogP contribution in [0, 0.1) is 0 Å². The Balaban J connectivity index is 1.94. The van der Waals surface area contributed by atoms with E-state index in [9.17, 15) is 4.79 Å². The number of rotatable bonds is 8. The van der Waals surface area contributed by atoms with E-state index < -0.39 is 0 Å². The summed E-state index contributed by atoms with van der Waals surface area (Å²) >= 11 is 0. The quantitative estimate of drug-likeness (QED) is 0.741. The van der Waals surface area contributed by atoms with Gasteiger partial charge >= 0.3 is 5.97 Å². The Morgan fingerprint density at radius 1 is 1.35 bits per heavy atom. The molecule has 1 unspecified atom stereocenters. The average molecular weight is 277 g/mol. The Hall–Kier alpha value is -1.55. The summed E-state index contributed by atoms with van der Waals surface area (Å²) in [6.07, 6.45) is 3.17. The van der Waals surface area contributed by atoms with Gasteiger partial charge in [-0.15, -0.1) is 0 Å². The van der Waals surface area contributed by atoms with Crippen LogP contribution in [-0.4, -0.2) is 31.3 Å². The first-order valence-electron chi connectivity index (χ1n) is 7.38. The summed E-state index contributed by atoms with van der Waals surface area (Å²) < 4.78 is 10.9. The van der Waals surface area contributed by atoms with Crippen molar-refractivity contribution in [2.24, 2.45) is 0 Å². The molecule has 1 aliphatic carbocycles. The molecule has 0 saturated heterocycles. The summed E-state index contributed by atoms with van der Waals surface area (Å²) in [6, 6.07) is 7.99. The zero-order chi connectivity index (χ0) is 14.4. The normalized spacial score (nSPS) is 15.7. The first kappa shape index (κ1) is 14.9. The number of carbonyl (C=O) groups excluding carboxylic acids is 1. The van der Waals surface area contributed by atoms with Crippen molar-refractivity contribution in [1.82, 2.24) is 5.32 Å². The third-order valence-corrected chi connectivity index (χ3v) is 3.34. The molecule has 1 N–H and O–H groups in total. The first-order chi connectivity index (χ1) is 9.74. The van der Waals surface area contributed by atoms with Gasteiger partial charge in [0, 0.05) is 6.04 Å². The molecule has 0 aromatic heterocycles. The minimum Gasteiger partial charge on any atom is -0.491 e. The predicted molar refractivity (Wildman–Crippen MR) is 77.9 cm³/mol. The van der Waals surface area contributed by atoms with Crippen molar-refractivity contribution in [1.29, 1.82) is 0 Å². The van der Waals surface area contributed by atoms with Gasteiger partial charge in [-0.2, -0.15) is 0 Å². The minimum atomic E-state index is -0.382. The fourth-order valence-corrected chi connectivity index (χ4v) is 2.07. The van der Waals surface area contributed by atoms with Crippen LogP contribution in [0.1, 0.15) is 32.3 Å². The van der Waals surface area contributed by atoms with Gasteiger partial charge in [0.2, 0.25) is 0 Å². The molecule has 2 rings (SSSR count). The van der Waals surface area contributed by atoms with Crippen molar-refractivity contribution in [3.63, 3.8) is 0 Å². The van der Waals surface area contributed by atoms with Gasteiger partial charge in [0.25, 0.3) is 0 Å². The number of esters is 1. The van der Waals surface area contributed by atoms with Crippen LogP contribution in [0.5, 0.6) is 5.75 Å². The van der Waals surface area contributed by atoms with Crippen LogP contribution in [0.3, 0.4) is 0 Å². The van der Waals surface area contributed by atoms with Crippen molar-refractivity contribution in [2.75, 3.05) is 13.2 Å². The molecule has 0 spiro atoms. The maximum absolute atomic E-state index is 11.9. The van der Waals surface area contributed by atoms with Crippen molar-refractivity contribution in [3.05, 3.63) is 29.8 Å². The lowest BCUT2D eigenvalue weighted by Crippen LogP contribution is -2.43. The Labute approximate surface area is 120 Å². The zero-order valence-electron chi connectivity index (χ0n) is 12.2. The van der Waals surface area contributed by atoms with Crippen LogP contribution in [0.25, 0.3) is 0 Å². The molecule has 0 aliphatic heterocycles. The third-order valence-electron chi connectivity index (χ3n) is 3.34. The molecule has 0 bridgehead atoms. The summed E-state index contributed by atoms with van der Waals surface area (Å²) in [5.74, 6) is 0.621. The van der Waals surface area contributed by atoms with E-state index in [1.54, 1.807) is 0 Å². The van der Waals surface area contributed by atoms with E-state index in [2.05, 4.69) is 12.2 Å². The molecule has 1 aromatic rings. The second kappa shape index (κ2) is 7.29. The Kier molecular flexibility index (Phi) is 5.41. The molecule has 0 radical (unpaired) electrons. The number of benzene rings is 1. The van der Waals surface area contributed by atoms with Gasteiger partial charge in [0.1, 0.15) is 18.4 Å². The molecule has 1 fully saturated rings. The van der Waals surface area contributed by atoms with Crippen molar-refractivity contribution in [2.45, 2.75) is 45.2 Å². The molecule has 1 atom stereocenters. The van der Waals surface area contributed by atoms with E-state index in [1.165, 1.54) is 0 Å². The first-order valence-corrected chi connectivity index (χ1v) is 7.38. The molecule has 1 aromatic carbocycles. The van der Waals surface area contributed by atoms with Crippen LogP contribution in [0.4, 0.5) is 0 Å². The number of carbonyl (C=O) groups is 1. The summed E-state index contributed by atoms with van der Waals surface area (Å²) in [5, 5.41) is 3.28. The zero-order valence-corrected chi connectivity index (χ0v) is 12.2. The Bertz CT molecular complexity index is 443. The number of para-hydroxylation sites is 1. The predicted octanol–water partition coefficient (Wildman–Crippen LogP) is 2.31. The van der Waals surface area contributed by atoms with Gasteiger partial charge < -0.3 is 9.47 Å². The van der Waals surface area contributed by atoms with Gasteiger partial charge in [-0.3, -0.25) is 10.1 Å². The summed E-state index contributed by atoms with van der Waals surface area (Å²) in [6.45, 7) is 4.62. The second-order valence-corrected chi connectivity index (χ2v) is 5.02. The fourth-order valence-electron chi connectivity index (χ4n) is 2.07. The van der Waals surface area contributed by atoms with E-state index in [0.29, 0.717) is 19.3 Å². The lowest BCUT2D eigenvalue weighted by atomic mass is 10.1. The van der Waals surface area contributed by atoms with Crippen LogP contribution < -0.4 is 10.1 Å². The lowest BCUT2D eigenvalue weighted by Gasteiger charge is -2.18. The minimum absolute atomic E-state index is 0.228. The number of nitrogens with one attached hydrogen (secondary N) is 1. The van der Waals surface area contributed by atoms with Crippen LogP contribution >= 0.6 is 0 Å². The Morgan fingerprint density at radius 3 is 2.75 bits per heavy atom. The molecule has 1 saturated carbocycles. The van der Waals surface area contributed by atoms with Crippen molar-refractivity contribution < 1.29 is 14.3 Å². The number of aryl methyl sites for hydroxylation is 1. The highest BCUT2D eigenvalue weighted by molar-refractivity contribution is 5.76. The van der Waals surface area contributed by atoms with Crippen LogP contribution in [-0.2, 0) is 16.0 Å². The van der Waals surface area contributed by atoms with Crippen LogP contribution in [0.2, 0.25) is 0 Å². The highest BCUT2D eigenvalue weighted by Crippen LogP contribution is 2.21. The van der Waals surface area contributed by atoms with E-state index in [0.717, 1.165) is 30.6 Å². The summed E-state index contributed by atoms with van der Waals surface area (Å²) in [4.78, 5) is 11.9. The van der Waals surface area contributed by atoms with Gasteiger partial charge in [-0.25, -0.2) is 0 Å². The average Bonchev–Trinajstić information content (AvgIpc) is 3.28. The molecular formula is C16H23NO3. The van der Waals surface area contributed by atoms with E-state index in [1.807, 2.05) is 31.2 Å². The summed E-state index contributed by atoms with van der Waals surface area (Å²) in [5.41, 5.74) is 1.15. The van der Waals surface area contributed by atoms with E-state index in [4.69, 9.17) is 9.47 Å². The third kappa shape index (κ3) is 4.23. The molecule has 1 aliphatic rings. The fraction of sp³-hybridized carbons (Fsp3) is 0.562. The lowest BCUT2D eigenvalue weighted by molar-refractivity contribution is -0.146. The van der Waals surface area contributed by atoms with E-state index >= 15 is 0 Å². The molecule has 0 amide bonds. The number of ether oxygens (including phenoxy) is 2. The van der Waals surface area contributed by atoms with Gasteiger partial charge in [-0.05, 0) is 37.8 Å². The maximum Gasteiger partial charge on any atom is 0.326 e. The van der Waals surface area contributed by atoms with E-state index in [-0.39, 0.29) is 12.0 Å². The second-order valence-electron chi connectivity index (χ2n) is 5.02. The highest BCUT2D eigenvalue weighted by Gasteiger charge is 2.29. The molecule has 20 heavy (non-hydrogen) atoms. The smallest absolute Gasteiger partial charge is 0.326 e. The topological polar surface area (TPSA) is 47.6 Å². The van der Waals surface area contributed by atoms with Crippen molar-refractivity contribution in [3.8, 4) is 5.75 Å². The highest BCUT2D eigenvalue weighted by atomic mass is 16.5. The SMILES string of the molecule is CCOC(=O)C(COc1ccccc1CC)NC1CC1. The Morgan fingerprint density at radius 2 is 2.10 bits per heavy atom. The largest absolute Gasteiger partial charge is 0.491 e. The van der Waals surface area contributed by atoms with Gasteiger partial charge in [-0.1, -0.05) is 25.1 Å². The number of hydrogen-bond donors (Lipinski definition) is 1. The molecule has 4 nitrogen and oxygen atoms in total. The number of hydrogen-bond acceptors (Lipinski definition) is 4.